The third kappa shape index (κ3) is 4.22. The number of nitrogens with one attached hydrogen (secondary N) is 1. The number of nitrogens with two attached hydrogens (primary N) is 1. The van der Waals surface area contributed by atoms with Gasteiger partial charge < -0.3 is 11.1 Å². The molecule has 1 saturated carbocycles. The fraction of sp³-hybridized carbons (Fsp3) is 0.375. The highest BCUT2D eigenvalue weighted by Crippen LogP contribution is 2.28. The molecule has 1 aromatic carbocycles. The summed E-state index contributed by atoms with van der Waals surface area (Å²) in [6.07, 6.45) is 4.12. The molecular formula is C16H19Cl3N4O. The number of benzene rings is 1. The molecule has 130 valence electrons. The number of carbonyl (C=O) groups excluding carboxylic acids is 1. The van der Waals surface area contributed by atoms with Crippen molar-refractivity contribution in [1.29, 1.82) is 0 Å². The van der Waals surface area contributed by atoms with Crippen molar-refractivity contribution in [2.24, 2.45) is 11.7 Å². The molecule has 5 nitrogen and oxygen atoms in total. The Balaban J connectivity index is 0.00000208. The van der Waals surface area contributed by atoms with E-state index in [2.05, 4.69) is 10.4 Å². The third-order valence-electron chi connectivity index (χ3n) is 4.16. The van der Waals surface area contributed by atoms with Crippen molar-refractivity contribution in [1.82, 2.24) is 9.78 Å². The number of halogens is 3. The first-order valence-electron chi connectivity index (χ1n) is 7.55. The van der Waals surface area contributed by atoms with Crippen molar-refractivity contribution < 1.29 is 4.79 Å². The number of hydrogen-bond acceptors (Lipinski definition) is 3. The van der Waals surface area contributed by atoms with Gasteiger partial charge in [-0.2, -0.15) is 5.10 Å². The molecule has 2 aromatic rings. The molecule has 8 heteroatoms. The van der Waals surface area contributed by atoms with Crippen LogP contribution >= 0.6 is 35.6 Å². The van der Waals surface area contributed by atoms with Gasteiger partial charge in [-0.3, -0.25) is 4.79 Å². The van der Waals surface area contributed by atoms with Crippen molar-refractivity contribution in [3.05, 3.63) is 46.1 Å². The normalized spacial score (nSPS) is 19.8. The van der Waals surface area contributed by atoms with E-state index in [1.54, 1.807) is 23.0 Å². The summed E-state index contributed by atoms with van der Waals surface area (Å²) in [7, 11) is 0. The standard InChI is InChI=1S/C16H18Cl2N4O.ClH/c17-13-3-1-2-11(15(13)18)9-22-14(6-7-20-22)21-16(23)10-4-5-12(19)8-10;/h1-3,6-7,10,12H,4-5,8-9,19H2,(H,21,23);1H. The minimum Gasteiger partial charge on any atom is -0.328 e. The van der Waals surface area contributed by atoms with Crippen LogP contribution in [0, 0.1) is 5.92 Å². The number of anilines is 1. The quantitative estimate of drug-likeness (QED) is 0.837. The molecule has 1 heterocycles. The summed E-state index contributed by atoms with van der Waals surface area (Å²) in [5, 5.41) is 8.19. The number of nitrogens with zero attached hydrogens (tertiary/aromatic N) is 2. The molecule has 24 heavy (non-hydrogen) atoms. The van der Waals surface area contributed by atoms with Crippen molar-refractivity contribution in [3.63, 3.8) is 0 Å². The molecule has 2 atom stereocenters. The molecule has 0 radical (unpaired) electrons. The first kappa shape index (κ1) is 19.1. The van der Waals surface area contributed by atoms with Gasteiger partial charge in [0.25, 0.3) is 0 Å². The molecule has 1 aliphatic carbocycles. The van der Waals surface area contributed by atoms with Crippen LogP contribution in [-0.2, 0) is 11.3 Å². The Morgan fingerprint density at radius 3 is 2.83 bits per heavy atom. The predicted molar refractivity (Wildman–Crippen MR) is 99.0 cm³/mol. The lowest BCUT2D eigenvalue weighted by Gasteiger charge is -2.13. The van der Waals surface area contributed by atoms with Gasteiger partial charge in [0.05, 0.1) is 22.8 Å². The zero-order valence-corrected chi connectivity index (χ0v) is 15.2. The van der Waals surface area contributed by atoms with Gasteiger partial charge in [-0.15, -0.1) is 12.4 Å². The molecule has 1 aliphatic rings. The average molecular weight is 390 g/mol. The van der Waals surface area contributed by atoms with E-state index in [0.29, 0.717) is 22.4 Å². The van der Waals surface area contributed by atoms with E-state index in [4.69, 9.17) is 28.9 Å². The lowest BCUT2D eigenvalue weighted by molar-refractivity contribution is -0.119. The second-order valence-corrected chi connectivity index (χ2v) is 6.63. The van der Waals surface area contributed by atoms with Gasteiger partial charge in [-0.1, -0.05) is 35.3 Å². The van der Waals surface area contributed by atoms with E-state index in [9.17, 15) is 4.79 Å². The van der Waals surface area contributed by atoms with E-state index in [1.165, 1.54) is 0 Å². The lowest BCUT2D eigenvalue weighted by Crippen LogP contribution is -2.24. The summed E-state index contributed by atoms with van der Waals surface area (Å²) in [4.78, 5) is 12.3. The molecule has 0 bridgehead atoms. The van der Waals surface area contributed by atoms with E-state index in [0.717, 1.165) is 24.8 Å². The van der Waals surface area contributed by atoms with Gasteiger partial charge in [0.1, 0.15) is 5.82 Å². The lowest BCUT2D eigenvalue weighted by atomic mass is 10.1. The van der Waals surface area contributed by atoms with Crippen LogP contribution in [-0.4, -0.2) is 21.7 Å². The second-order valence-electron chi connectivity index (χ2n) is 5.85. The molecule has 0 aliphatic heterocycles. The van der Waals surface area contributed by atoms with Crippen LogP contribution in [0.25, 0.3) is 0 Å². The first-order valence-corrected chi connectivity index (χ1v) is 8.31. The Kier molecular flexibility index (Phi) is 6.52. The molecule has 2 unspecified atom stereocenters. The fourth-order valence-electron chi connectivity index (χ4n) is 2.88. The maximum Gasteiger partial charge on any atom is 0.228 e. The van der Waals surface area contributed by atoms with Gasteiger partial charge in [-0.25, -0.2) is 4.68 Å². The van der Waals surface area contributed by atoms with Crippen molar-refractivity contribution in [2.45, 2.75) is 31.8 Å². The van der Waals surface area contributed by atoms with Gasteiger partial charge in [0.15, 0.2) is 0 Å². The number of hydrogen-bond donors (Lipinski definition) is 2. The number of carbonyl (C=O) groups is 1. The second kappa shape index (κ2) is 8.21. The largest absolute Gasteiger partial charge is 0.328 e. The Morgan fingerprint density at radius 2 is 2.12 bits per heavy atom. The average Bonchev–Trinajstić information content (AvgIpc) is 3.13. The minimum atomic E-state index is -0.0249. The Hall–Kier alpha value is -1.27. The Morgan fingerprint density at radius 1 is 1.33 bits per heavy atom. The highest BCUT2D eigenvalue weighted by molar-refractivity contribution is 6.42. The zero-order chi connectivity index (χ0) is 16.4. The Labute approximate surface area is 156 Å². The topological polar surface area (TPSA) is 72.9 Å². The molecule has 3 rings (SSSR count). The van der Waals surface area contributed by atoms with Gasteiger partial charge in [0, 0.05) is 18.0 Å². The molecule has 3 N–H and O–H groups in total. The molecule has 1 fully saturated rings. The van der Waals surface area contributed by atoms with Crippen molar-refractivity contribution in [3.8, 4) is 0 Å². The summed E-state index contributed by atoms with van der Waals surface area (Å²) in [6.45, 7) is 0.437. The van der Waals surface area contributed by atoms with E-state index in [-0.39, 0.29) is 30.3 Å². The van der Waals surface area contributed by atoms with Gasteiger partial charge >= 0.3 is 0 Å². The van der Waals surface area contributed by atoms with Gasteiger partial charge in [-0.05, 0) is 30.9 Å². The van der Waals surface area contributed by atoms with E-state index in [1.807, 2.05) is 12.1 Å². The van der Waals surface area contributed by atoms with Crippen LogP contribution < -0.4 is 11.1 Å². The van der Waals surface area contributed by atoms with E-state index >= 15 is 0 Å². The fourth-order valence-corrected chi connectivity index (χ4v) is 3.26. The highest BCUT2D eigenvalue weighted by atomic mass is 35.5. The monoisotopic (exact) mass is 388 g/mol. The zero-order valence-electron chi connectivity index (χ0n) is 12.9. The number of rotatable bonds is 4. The molecular weight excluding hydrogens is 371 g/mol. The van der Waals surface area contributed by atoms with Gasteiger partial charge in [0.2, 0.25) is 5.91 Å². The van der Waals surface area contributed by atoms with E-state index < -0.39 is 0 Å². The number of aromatic nitrogens is 2. The van der Waals surface area contributed by atoms with Crippen LogP contribution in [0.1, 0.15) is 24.8 Å². The first-order chi connectivity index (χ1) is 11.0. The summed E-state index contributed by atoms with van der Waals surface area (Å²) in [6, 6.07) is 7.36. The third-order valence-corrected chi connectivity index (χ3v) is 5.02. The summed E-state index contributed by atoms with van der Waals surface area (Å²) >= 11 is 12.2. The molecule has 1 aromatic heterocycles. The van der Waals surface area contributed by atoms with Crippen LogP contribution in [0.2, 0.25) is 10.0 Å². The summed E-state index contributed by atoms with van der Waals surface area (Å²) in [5.41, 5.74) is 6.72. The predicted octanol–water partition coefficient (Wildman–Crippen LogP) is 3.73. The van der Waals surface area contributed by atoms with Crippen LogP contribution in [0.15, 0.2) is 30.5 Å². The summed E-state index contributed by atoms with van der Waals surface area (Å²) in [5.74, 6) is 0.617. The maximum absolute atomic E-state index is 12.3. The molecule has 0 saturated heterocycles. The van der Waals surface area contributed by atoms with Crippen molar-refractivity contribution >= 4 is 47.3 Å². The smallest absolute Gasteiger partial charge is 0.228 e. The number of amides is 1. The maximum atomic E-state index is 12.3. The summed E-state index contributed by atoms with van der Waals surface area (Å²) < 4.78 is 1.70. The Bertz CT molecular complexity index is 719. The van der Waals surface area contributed by atoms with Crippen LogP contribution in [0.4, 0.5) is 5.82 Å². The minimum absolute atomic E-state index is 0. The SMILES string of the molecule is Cl.NC1CCC(C(=O)Nc2ccnn2Cc2cccc(Cl)c2Cl)C1. The van der Waals surface area contributed by atoms with Crippen LogP contribution in [0.3, 0.4) is 0 Å². The molecule has 0 spiro atoms. The van der Waals surface area contributed by atoms with Crippen LogP contribution in [0.5, 0.6) is 0 Å². The van der Waals surface area contributed by atoms with Crippen molar-refractivity contribution in [2.75, 3.05) is 5.32 Å². The molecule has 1 amide bonds. The highest BCUT2D eigenvalue weighted by Gasteiger charge is 2.28.